The van der Waals surface area contributed by atoms with Crippen LogP contribution in [-0.4, -0.2) is 43.1 Å². The quantitative estimate of drug-likeness (QED) is 0.433. The maximum absolute atomic E-state index is 13.5. The van der Waals surface area contributed by atoms with Gasteiger partial charge in [0.2, 0.25) is 5.91 Å². The molecule has 0 spiro atoms. The third kappa shape index (κ3) is 4.53. The van der Waals surface area contributed by atoms with Crippen LogP contribution in [0.15, 0.2) is 48.8 Å². The number of nitrogen functional groups attached to an aromatic ring is 1. The Morgan fingerprint density at radius 3 is 2.61 bits per heavy atom. The lowest BCUT2D eigenvalue weighted by molar-refractivity contribution is -0.131. The Bertz CT molecular complexity index is 1460. The van der Waals surface area contributed by atoms with Crippen LogP contribution < -0.4 is 10.5 Å². The molecule has 1 amide bonds. The highest BCUT2D eigenvalue weighted by atomic mass is 19.1. The van der Waals surface area contributed by atoms with Gasteiger partial charge in [0.1, 0.15) is 47.4 Å². The lowest BCUT2D eigenvalue weighted by Gasteiger charge is -2.23. The number of benzene rings is 2. The second-order valence-corrected chi connectivity index (χ2v) is 8.44. The maximum Gasteiger partial charge on any atom is 0.237 e. The Morgan fingerprint density at radius 2 is 1.89 bits per heavy atom. The highest BCUT2D eigenvalue weighted by Crippen LogP contribution is 2.33. The van der Waals surface area contributed by atoms with Crippen LogP contribution in [0.2, 0.25) is 0 Å². The molecule has 0 radical (unpaired) electrons. The third-order valence-electron chi connectivity index (χ3n) is 6.07. The Morgan fingerprint density at radius 1 is 1.14 bits per heavy atom. The molecule has 2 aromatic carbocycles. The van der Waals surface area contributed by atoms with E-state index in [1.807, 2.05) is 6.07 Å². The van der Waals surface area contributed by atoms with Crippen LogP contribution >= 0.6 is 0 Å². The second-order valence-electron chi connectivity index (χ2n) is 8.44. The van der Waals surface area contributed by atoms with E-state index >= 15 is 0 Å². The third-order valence-corrected chi connectivity index (χ3v) is 6.07. The first-order chi connectivity index (χ1) is 17.4. The molecule has 0 unspecified atom stereocenters. The summed E-state index contributed by atoms with van der Waals surface area (Å²) in [6, 6.07) is 11.6. The molecule has 0 bridgehead atoms. The van der Waals surface area contributed by atoms with Gasteiger partial charge in [0.25, 0.3) is 0 Å². The first-order valence-corrected chi connectivity index (χ1v) is 11.3. The summed E-state index contributed by atoms with van der Waals surface area (Å²) in [7, 11) is 0. The lowest BCUT2D eigenvalue weighted by atomic mass is 10.1. The first kappa shape index (κ1) is 23.2. The number of aromatic nitrogens is 4. The molecule has 36 heavy (non-hydrogen) atoms. The van der Waals surface area contributed by atoms with Gasteiger partial charge < -0.3 is 15.4 Å². The highest BCUT2D eigenvalue weighted by molar-refractivity contribution is 5.98. The average molecular weight is 489 g/mol. The predicted octanol–water partition coefficient (Wildman–Crippen LogP) is 4.05. The van der Waals surface area contributed by atoms with Gasteiger partial charge in [-0.3, -0.25) is 4.79 Å². The van der Waals surface area contributed by atoms with E-state index < -0.39 is 11.6 Å². The summed E-state index contributed by atoms with van der Waals surface area (Å²) in [6.07, 6.45) is 2.85. The van der Waals surface area contributed by atoms with Crippen molar-refractivity contribution < 1.29 is 18.3 Å². The molecule has 1 atom stereocenters. The van der Waals surface area contributed by atoms with Gasteiger partial charge in [0.05, 0.1) is 24.0 Å². The van der Waals surface area contributed by atoms with Crippen molar-refractivity contribution >= 4 is 22.8 Å². The largest absolute Gasteiger partial charge is 0.457 e. The van der Waals surface area contributed by atoms with E-state index in [9.17, 15) is 13.6 Å². The molecule has 9 nitrogen and oxygen atoms in total. The number of fused-ring (bicyclic) bond motifs is 1. The van der Waals surface area contributed by atoms with E-state index in [1.54, 1.807) is 33.8 Å². The smallest absolute Gasteiger partial charge is 0.237 e. The number of likely N-dealkylation sites (tertiary alicyclic amines) is 1. The summed E-state index contributed by atoms with van der Waals surface area (Å²) in [4.78, 5) is 22.6. The zero-order chi connectivity index (χ0) is 25.2. The van der Waals surface area contributed by atoms with Crippen molar-refractivity contribution in [2.45, 2.75) is 31.8 Å². The predicted molar refractivity (Wildman–Crippen MR) is 127 cm³/mol. The fourth-order valence-electron chi connectivity index (χ4n) is 4.49. The molecule has 0 aliphatic carbocycles. The maximum atomic E-state index is 13.5. The van der Waals surface area contributed by atoms with E-state index in [1.165, 1.54) is 6.33 Å². The summed E-state index contributed by atoms with van der Waals surface area (Å²) in [5, 5.41) is 14.2. The number of hydrogen-bond acceptors (Lipinski definition) is 7. The fourth-order valence-corrected chi connectivity index (χ4v) is 4.49. The number of halogens is 2. The number of anilines is 1. The highest BCUT2D eigenvalue weighted by Gasteiger charge is 2.30. The molecule has 3 heterocycles. The summed E-state index contributed by atoms with van der Waals surface area (Å²) in [6.45, 7) is 1.00. The van der Waals surface area contributed by atoms with Crippen molar-refractivity contribution in [2.24, 2.45) is 0 Å². The molecule has 1 aliphatic heterocycles. The molecule has 5 rings (SSSR count). The van der Waals surface area contributed by atoms with Crippen LogP contribution in [0.5, 0.6) is 11.5 Å². The number of nitrogens with two attached hydrogens (primary N) is 1. The standard InChI is InChI=1S/C25H21F2N7O2/c26-16-10-17(27)12-20(11-16)36-19-5-3-15(4-6-19)23-22-24(29)30-14-31-25(22)34(32-23)13-18-2-1-9-33(18)21(35)7-8-28/h3-6,10-12,14,18H,1-2,7,9,13H2,(H2,29,30,31)/t18-/m1/s1. The van der Waals surface area contributed by atoms with Crippen LogP contribution in [0, 0.1) is 23.0 Å². The first-order valence-electron chi connectivity index (χ1n) is 11.3. The molecule has 0 saturated carbocycles. The van der Waals surface area contributed by atoms with Gasteiger partial charge in [0, 0.05) is 30.3 Å². The fraction of sp³-hybridized carbons (Fsp3) is 0.240. The van der Waals surface area contributed by atoms with Crippen molar-refractivity contribution in [1.82, 2.24) is 24.6 Å². The van der Waals surface area contributed by atoms with Gasteiger partial charge in [0.15, 0.2) is 5.65 Å². The minimum absolute atomic E-state index is 0.0414. The van der Waals surface area contributed by atoms with E-state index in [0.717, 1.165) is 31.0 Å². The number of amides is 1. The van der Waals surface area contributed by atoms with Crippen molar-refractivity contribution in [3.05, 3.63) is 60.4 Å². The number of hydrogen-bond donors (Lipinski definition) is 1. The average Bonchev–Trinajstić information content (AvgIpc) is 3.45. The second kappa shape index (κ2) is 9.58. The minimum Gasteiger partial charge on any atom is -0.457 e. The zero-order valence-electron chi connectivity index (χ0n) is 19.1. The van der Waals surface area contributed by atoms with E-state index in [2.05, 4.69) is 9.97 Å². The van der Waals surface area contributed by atoms with E-state index in [4.69, 9.17) is 20.8 Å². The molecular weight excluding hydrogens is 468 g/mol. The number of rotatable bonds is 6. The normalized spacial score (nSPS) is 15.2. The Hall–Kier alpha value is -4.59. The molecule has 182 valence electrons. The molecule has 1 aliphatic rings. The van der Waals surface area contributed by atoms with E-state index in [0.29, 0.717) is 41.1 Å². The Labute approximate surface area is 204 Å². The van der Waals surface area contributed by atoms with Crippen molar-refractivity contribution in [3.63, 3.8) is 0 Å². The molecular formula is C25H21F2N7O2. The van der Waals surface area contributed by atoms with Gasteiger partial charge in [-0.1, -0.05) is 0 Å². The lowest BCUT2D eigenvalue weighted by Crippen LogP contribution is -2.38. The molecule has 2 aromatic heterocycles. The summed E-state index contributed by atoms with van der Waals surface area (Å²) < 4.78 is 34.2. The van der Waals surface area contributed by atoms with Crippen molar-refractivity contribution in [2.75, 3.05) is 12.3 Å². The number of ether oxygens (including phenoxy) is 1. The monoisotopic (exact) mass is 489 g/mol. The molecule has 1 saturated heterocycles. The molecule has 1 fully saturated rings. The van der Waals surface area contributed by atoms with Crippen LogP contribution in [0.1, 0.15) is 19.3 Å². The topological polar surface area (TPSA) is 123 Å². The Kier molecular flexibility index (Phi) is 6.16. The SMILES string of the molecule is N#CCC(=O)N1CCC[C@@H]1Cn1nc(-c2ccc(Oc3cc(F)cc(F)c3)cc2)c2c(N)ncnc21. The van der Waals surface area contributed by atoms with Crippen LogP contribution in [0.3, 0.4) is 0 Å². The van der Waals surface area contributed by atoms with Crippen molar-refractivity contribution in [3.8, 4) is 28.8 Å². The van der Waals surface area contributed by atoms with Gasteiger partial charge in [-0.2, -0.15) is 10.4 Å². The van der Waals surface area contributed by atoms with Gasteiger partial charge in [-0.05, 0) is 37.1 Å². The molecule has 2 N–H and O–H groups in total. The number of nitriles is 1. The van der Waals surface area contributed by atoms with Gasteiger partial charge in [-0.25, -0.2) is 23.4 Å². The minimum atomic E-state index is -0.732. The summed E-state index contributed by atoms with van der Waals surface area (Å²) >= 11 is 0. The van der Waals surface area contributed by atoms with Crippen LogP contribution in [0.25, 0.3) is 22.3 Å². The van der Waals surface area contributed by atoms with Gasteiger partial charge >= 0.3 is 0 Å². The number of carbonyl (C=O) groups excluding carboxylic acids is 1. The van der Waals surface area contributed by atoms with Crippen molar-refractivity contribution in [1.29, 1.82) is 5.26 Å². The van der Waals surface area contributed by atoms with Gasteiger partial charge in [-0.15, -0.1) is 0 Å². The molecule has 4 aromatic rings. The Balaban J connectivity index is 1.45. The molecule has 11 heteroatoms. The number of nitrogens with zero attached hydrogens (tertiary/aromatic N) is 6. The zero-order valence-corrected chi connectivity index (χ0v) is 19.1. The van der Waals surface area contributed by atoms with E-state index in [-0.39, 0.29) is 29.9 Å². The number of carbonyl (C=O) groups is 1. The summed E-state index contributed by atoms with van der Waals surface area (Å²) in [5.74, 6) is -0.970. The van der Waals surface area contributed by atoms with Crippen LogP contribution in [0.4, 0.5) is 14.6 Å². The van der Waals surface area contributed by atoms with Crippen LogP contribution in [-0.2, 0) is 11.3 Å². The summed E-state index contributed by atoms with van der Waals surface area (Å²) in [5.41, 5.74) is 7.99.